The van der Waals surface area contributed by atoms with Gasteiger partial charge in [-0.25, -0.2) is 9.59 Å². The molecule has 2 aromatic carbocycles. The van der Waals surface area contributed by atoms with E-state index in [0.29, 0.717) is 28.6 Å². The van der Waals surface area contributed by atoms with Crippen LogP contribution < -0.4 is 10.6 Å². The molecule has 0 bridgehead atoms. The molecule has 0 aliphatic carbocycles. The largest absolute Gasteiger partial charge is 0.462 e. The summed E-state index contributed by atoms with van der Waals surface area (Å²) in [5.74, 6) is -0.437. The zero-order valence-electron chi connectivity index (χ0n) is 12.2. The van der Waals surface area contributed by atoms with Gasteiger partial charge >= 0.3 is 12.0 Å². The van der Waals surface area contributed by atoms with Crippen molar-refractivity contribution >= 4 is 50.9 Å². The van der Waals surface area contributed by atoms with Gasteiger partial charge in [-0.2, -0.15) is 0 Å². The predicted molar refractivity (Wildman–Crippen MR) is 94.2 cm³/mol. The third-order valence-corrected chi connectivity index (χ3v) is 3.62. The lowest BCUT2D eigenvalue weighted by Crippen LogP contribution is -2.19. The number of hydrogen-bond donors (Lipinski definition) is 2. The molecule has 0 unspecified atom stereocenters. The lowest BCUT2D eigenvalue weighted by atomic mass is 10.2. The van der Waals surface area contributed by atoms with Gasteiger partial charge in [0.15, 0.2) is 0 Å². The minimum atomic E-state index is -0.463. The number of benzene rings is 2. The molecule has 0 saturated carbocycles. The fraction of sp³-hybridized carbons (Fsp3) is 0.125. The molecule has 2 aromatic rings. The highest BCUT2D eigenvalue weighted by Crippen LogP contribution is 2.25. The zero-order chi connectivity index (χ0) is 16.8. The Morgan fingerprint density at radius 3 is 2.65 bits per heavy atom. The van der Waals surface area contributed by atoms with Crippen molar-refractivity contribution in [2.75, 3.05) is 17.2 Å². The molecular formula is C16H14BrClN2O3. The van der Waals surface area contributed by atoms with Crippen LogP contribution in [0.1, 0.15) is 17.3 Å². The first-order valence-electron chi connectivity index (χ1n) is 6.80. The van der Waals surface area contributed by atoms with Crippen molar-refractivity contribution in [2.24, 2.45) is 0 Å². The Morgan fingerprint density at radius 2 is 1.96 bits per heavy atom. The molecule has 0 aromatic heterocycles. The summed E-state index contributed by atoms with van der Waals surface area (Å²) in [5.41, 5.74) is 1.32. The number of anilines is 2. The van der Waals surface area contributed by atoms with E-state index in [0.717, 1.165) is 4.47 Å². The second-order valence-electron chi connectivity index (χ2n) is 4.50. The number of amides is 2. The first kappa shape index (κ1) is 17.3. The first-order valence-corrected chi connectivity index (χ1v) is 7.97. The number of nitrogens with one attached hydrogen (secondary N) is 2. The van der Waals surface area contributed by atoms with Crippen molar-refractivity contribution in [3.63, 3.8) is 0 Å². The van der Waals surface area contributed by atoms with E-state index in [1.54, 1.807) is 49.4 Å². The van der Waals surface area contributed by atoms with Gasteiger partial charge in [-0.3, -0.25) is 0 Å². The van der Waals surface area contributed by atoms with E-state index in [1.165, 1.54) is 0 Å². The highest BCUT2D eigenvalue weighted by Gasteiger charge is 2.10. The van der Waals surface area contributed by atoms with E-state index in [1.807, 2.05) is 0 Å². The third kappa shape index (κ3) is 4.97. The van der Waals surface area contributed by atoms with Crippen LogP contribution >= 0.6 is 27.5 Å². The lowest BCUT2D eigenvalue weighted by molar-refractivity contribution is 0.0526. The Kier molecular flexibility index (Phi) is 6.01. The van der Waals surface area contributed by atoms with Crippen LogP contribution in [0.2, 0.25) is 5.02 Å². The van der Waals surface area contributed by atoms with Crippen LogP contribution in [0.25, 0.3) is 0 Å². The minimum absolute atomic E-state index is 0.291. The maximum absolute atomic E-state index is 12.0. The monoisotopic (exact) mass is 396 g/mol. The summed E-state index contributed by atoms with van der Waals surface area (Å²) in [6.45, 7) is 2.02. The van der Waals surface area contributed by atoms with Crippen molar-refractivity contribution in [1.29, 1.82) is 0 Å². The topological polar surface area (TPSA) is 67.4 Å². The molecule has 0 radical (unpaired) electrons. The first-order chi connectivity index (χ1) is 11.0. The van der Waals surface area contributed by atoms with Gasteiger partial charge < -0.3 is 15.4 Å². The summed E-state index contributed by atoms with van der Waals surface area (Å²) >= 11 is 9.34. The summed E-state index contributed by atoms with van der Waals surface area (Å²) in [4.78, 5) is 23.7. The molecule has 7 heteroatoms. The van der Waals surface area contributed by atoms with Crippen LogP contribution in [-0.4, -0.2) is 18.6 Å². The Morgan fingerprint density at radius 1 is 1.17 bits per heavy atom. The van der Waals surface area contributed by atoms with E-state index < -0.39 is 12.0 Å². The molecule has 2 N–H and O–H groups in total. The van der Waals surface area contributed by atoms with Crippen molar-refractivity contribution in [3.8, 4) is 0 Å². The predicted octanol–water partition coefficient (Wildman–Crippen LogP) is 4.92. The molecule has 0 saturated heterocycles. The maximum atomic E-state index is 12.0. The highest BCUT2D eigenvalue weighted by molar-refractivity contribution is 9.10. The zero-order valence-corrected chi connectivity index (χ0v) is 14.6. The maximum Gasteiger partial charge on any atom is 0.338 e. The number of urea groups is 1. The number of hydrogen-bond acceptors (Lipinski definition) is 3. The van der Waals surface area contributed by atoms with Gasteiger partial charge in [0.05, 0.1) is 22.9 Å². The summed E-state index contributed by atoms with van der Waals surface area (Å²) in [5, 5.41) is 5.69. The molecule has 2 amide bonds. The van der Waals surface area contributed by atoms with Crippen molar-refractivity contribution in [3.05, 3.63) is 57.5 Å². The van der Waals surface area contributed by atoms with E-state index in [4.69, 9.17) is 16.3 Å². The number of ether oxygens (including phenoxy) is 1. The molecule has 0 fully saturated rings. The smallest absolute Gasteiger partial charge is 0.338 e. The highest BCUT2D eigenvalue weighted by atomic mass is 79.9. The second-order valence-corrected chi connectivity index (χ2v) is 5.83. The fourth-order valence-electron chi connectivity index (χ4n) is 1.81. The number of halogens is 2. The molecule has 0 atom stereocenters. The van der Waals surface area contributed by atoms with Gasteiger partial charge in [0.2, 0.25) is 0 Å². The Labute approximate surface area is 147 Å². The Balaban J connectivity index is 2.05. The van der Waals surface area contributed by atoms with E-state index in [9.17, 15) is 9.59 Å². The normalized spacial score (nSPS) is 10.0. The van der Waals surface area contributed by atoms with Gasteiger partial charge in [0.25, 0.3) is 0 Å². The van der Waals surface area contributed by atoms with Crippen LogP contribution in [0.15, 0.2) is 46.9 Å². The molecule has 2 rings (SSSR count). The molecule has 5 nitrogen and oxygen atoms in total. The lowest BCUT2D eigenvalue weighted by Gasteiger charge is -2.10. The van der Waals surface area contributed by atoms with Crippen LogP contribution in [-0.2, 0) is 4.74 Å². The minimum Gasteiger partial charge on any atom is -0.462 e. The summed E-state index contributed by atoms with van der Waals surface area (Å²) in [7, 11) is 0. The van der Waals surface area contributed by atoms with Crippen molar-refractivity contribution in [1.82, 2.24) is 0 Å². The number of rotatable bonds is 4. The van der Waals surface area contributed by atoms with Gasteiger partial charge in [0.1, 0.15) is 0 Å². The average molecular weight is 398 g/mol. The van der Waals surface area contributed by atoms with Crippen molar-refractivity contribution < 1.29 is 14.3 Å². The molecule has 0 spiro atoms. The number of carbonyl (C=O) groups excluding carboxylic acids is 2. The molecule has 0 heterocycles. The van der Waals surface area contributed by atoms with Crippen LogP contribution in [0.5, 0.6) is 0 Å². The van der Waals surface area contributed by atoms with E-state index in [-0.39, 0.29) is 0 Å². The molecular weight excluding hydrogens is 384 g/mol. The van der Waals surface area contributed by atoms with E-state index >= 15 is 0 Å². The molecule has 23 heavy (non-hydrogen) atoms. The van der Waals surface area contributed by atoms with Crippen molar-refractivity contribution in [2.45, 2.75) is 6.92 Å². The van der Waals surface area contributed by atoms with Gasteiger partial charge in [-0.15, -0.1) is 0 Å². The quantitative estimate of drug-likeness (QED) is 0.719. The molecule has 0 aliphatic heterocycles. The summed E-state index contributed by atoms with van der Waals surface area (Å²) in [6.07, 6.45) is 0. The van der Waals surface area contributed by atoms with E-state index in [2.05, 4.69) is 26.6 Å². The molecule has 120 valence electrons. The van der Waals surface area contributed by atoms with Crippen LogP contribution in [0, 0.1) is 0 Å². The standard InChI is InChI=1S/C16H14BrClN2O3/c1-2-23-15(21)10-4-3-5-12(8-10)19-16(22)20-14-7-6-11(17)9-13(14)18/h3-9H,2H2,1H3,(H2,19,20,22). The van der Waals surface area contributed by atoms with Gasteiger partial charge in [-0.05, 0) is 43.3 Å². The fourth-order valence-corrected chi connectivity index (χ4v) is 2.53. The van der Waals surface area contributed by atoms with Crippen LogP contribution in [0.3, 0.4) is 0 Å². The summed E-state index contributed by atoms with van der Waals surface area (Å²) in [6, 6.07) is 11.2. The Bertz CT molecular complexity index is 737. The number of carbonyl (C=O) groups is 2. The summed E-state index contributed by atoms with van der Waals surface area (Å²) < 4.78 is 5.74. The average Bonchev–Trinajstić information content (AvgIpc) is 2.50. The van der Waals surface area contributed by atoms with Crippen LogP contribution in [0.4, 0.5) is 16.2 Å². The second kappa shape index (κ2) is 7.99. The molecule has 0 aliphatic rings. The number of esters is 1. The van der Waals surface area contributed by atoms with Gasteiger partial charge in [-0.1, -0.05) is 33.6 Å². The third-order valence-electron chi connectivity index (χ3n) is 2.81. The SMILES string of the molecule is CCOC(=O)c1cccc(NC(=O)Nc2ccc(Br)cc2Cl)c1. The Hall–Kier alpha value is -2.05. The van der Waals surface area contributed by atoms with Gasteiger partial charge in [0, 0.05) is 10.2 Å².